The van der Waals surface area contributed by atoms with E-state index < -0.39 is 34.1 Å². The number of halogens is 6. The van der Waals surface area contributed by atoms with Crippen LogP contribution in [0, 0.1) is 6.92 Å². The molecule has 0 fully saturated rings. The average Bonchev–Trinajstić information content (AvgIpc) is 2.75. The number of benzene rings is 3. The van der Waals surface area contributed by atoms with Crippen LogP contribution in [-0.4, -0.2) is 30.1 Å². The molecule has 3 rings (SSSR count). The SMILES string of the molecule is CC(F)(F)C(F)(F)C(F)(F)S(=O)(=O)O.Cc1ccccc1.c1ccc(Sc2ccccc2)cc1. The fraction of sp³-hybridized carbons (Fsp3) is 0.217. The number of rotatable bonds is 5. The van der Waals surface area contributed by atoms with Gasteiger partial charge in [0.1, 0.15) is 0 Å². The second-order valence-corrected chi connectivity index (χ2v) is 9.45. The lowest BCUT2D eigenvalue weighted by atomic mass is 10.2. The van der Waals surface area contributed by atoms with Gasteiger partial charge in [-0.2, -0.15) is 34.8 Å². The van der Waals surface area contributed by atoms with Crippen molar-refractivity contribution in [2.75, 3.05) is 0 Å². The third-order valence-electron chi connectivity index (χ3n) is 3.90. The smallest absolute Gasteiger partial charge is 0.281 e. The van der Waals surface area contributed by atoms with Gasteiger partial charge in [0.15, 0.2) is 0 Å². The van der Waals surface area contributed by atoms with Crippen LogP contribution in [0.3, 0.4) is 0 Å². The predicted molar refractivity (Wildman–Crippen MR) is 120 cm³/mol. The Balaban J connectivity index is 0.000000268. The molecule has 11 heteroatoms. The first-order valence-corrected chi connectivity index (χ1v) is 11.8. The standard InChI is InChI=1S/C12H10S.C7H8.C4H4F6O3S/c1-3-7-11(8-4-1)13-12-9-5-2-6-10-12;1-7-5-3-2-4-6-7;1-2(5,6)3(7,8)4(9,10)14(11,12)13/h1-10H;2-6H,1H3;1H3,(H,11,12,13). The summed E-state index contributed by atoms with van der Waals surface area (Å²) in [6.07, 6.45) is 0. The van der Waals surface area contributed by atoms with Gasteiger partial charge in [-0.15, -0.1) is 0 Å². The Labute approximate surface area is 198 Å². The molecule has 0 spiro atoms. The Kier molecular flexibility index (Phi) is 10.7. The van der Waals surface area contributed by atoms with E-state index in [0.717, 1.165) is 0 Å². The van der Waals surface area contributed by atoms with Crippen molar-refractivity contribution in [3.8, 4) is 0 Å². The molecule has 0 radical (unpaired) electrons. The first-order valence-electron chi connectivity index (χ1n) is 9.49. The van der Waals surface area contributed by atoms with Crippen LogP contribution < -0.4 is 0 Å². The summed E-state index contributed by atoms with van der Waals surface area (Å²) in [7, 11) is -6.61. The largest absolute Gasteiger partial charge is 0.437 e. The molecule has 0 bridgehead atoms. The molecular weight excluding hydrogens is 502 g/mol. The van der Waals surface area contributed by atoms with Gasteiger partial charge in [0.05, 0.1) is 0 Å². The van der Waals surface area contributed by atoms with Crippen molar-refractivity contribution >= 4 is 21.9 Å². The lowest BCUT2D eigenvalue weighted by molar-refractivity contribution is -0.273. The highest BCUT2D eigenvalue weighted by atomic mass is 32.2. The molecule has 0 unspecified atom stereocenters. The van der Waals surface area contributed by atoms with E-state index in [1.165, 1.54) is 15.4 Å². The molecule has 0 atom stereocenters. The monoisotopic (exact) mass is 524 g/mol. The van der Waals surface area contributed by atoms with Crippen molar-refractivity contribution in [3.63, 3.8) is 0 Å². The van der Waals surface area contributed by atoms with E-state index in [2.05, 4.69) is 67.6 Å². The first kappa shape index (κ1) is 29.5. The zero-order chi connectivity index (χ0) is 26.0. The molecule has 0 aromatic heterocycles. The molecule has 0 saturated carbocycles. The van der Waals surface area contributed by atoms with E-state index in [1.54, 1.807) is 11.8 Å². The third-order valence-corrected chi connectivity index (χ3v) is 5.82. The Bertz CT molecular complexity index is 1050. The van der Waals surface area contributed by atoms with Crippen molar-refractivity contribution < 1.29 is 39.3 Å². The van der Waals surface area contributed by atoms with Gasteiger partial charge < -0.3 is 0 Å². The average molecular weight is 525 g/mol. The molecule has 0 amide bonds. The summed E-state index contributed by atoms with van der Waals surface area (Å²) in [6.45, 7) is 1.49. The number of hydrogen-bond acceptors (Lipinski definition) is 3. The molecule has 3 aromatic rings. The Morgan fingerprint density at radius 3 is 1.21 bits per heavy atom. The van der Waals surface area contributed by atoms with Crippen molar-refractivity contribution in [2.24, 2.45) is 0 Å². The number of alkyl halides is 6. The van der Waals surface area contributed by atoms with Crippen LogP contribution in [0.15, 0.2) is 101 Å². The second kappa shape index (κ2) is 12.3. The van der Waals surface area contributed by atoms with Gasteiger partial charge in [0.2, 0.25) is 0 Å². The normalized spacial score (nSPS) is 12.0. The van der Waals surface area contributed by atoms with Crippen LogP contribution >= 0.6 is 11.8 Å². The minimum absolute atomic E-state index is 0.591. The van der Waals surface area contributed by atoms with Gasteiger partial charge in [-0.25, -0.2) is 0 Å². The van der Waals surface area contributed by atoms with E-state index >= 15 is 0 Å². The van der Waals surface area contributed by atoms with E-state index in [0.29, 0.717) is 0 Å². The van der Waals surface area contributed by atoms with Gasteiger partial charge in [-0.3, -0.25) is 4.55 Å². The van der Waals surface area contributed by atoms with Crippen LogP contribution in [0.4, 0.5) is 26.3 Å². The van der Waals surface area contributed by atoms with Gasteiger partial charge >= 0.3 is 27.2 Å². The molecular formula is C23H22F6O3S2. The lowest BCUT2D eigenvalue weighted by Crippen LogP contribution is -2.56. The fourth-order valence-corrected chi connectivity index (χ4v) is 3.43. The Hall–Kier alpha value is -2.50. The minimum atomic E-state index is -6.61. The molecule has 186 valence electrons. The topological polar surface area (TPSA) is 54.4 Å². The number of hydrogen-bond donors (Lipinski definition) is 1. The maximum atomic E-state index is 12.2. The van der Waals surface area contributed by atoms with E-state index in [1.807, 2.05) is 30.3 Å². The van der Waals surface area contributed by atoms with Crippen LogP contribution in [0.1, 0.15) is 12.5 Å². The summed E-state index contributed by atoms with van der Waals surface area (Å²) in [5.74, 6) is -11.5. The molecule has 1 N–H and O–H groups in total. The first-order chi connectivity index (χ1) is 15.6. The zero-order valence-electron chi connectivity index (χ0n) is 18.0. The summed E-state index contributed by atoms with van der Waals surface area (Å²) in [4.78, 5) is 2.57. The zero-order valence-corrected chi connectivity index (χ0v) is 19.6. The molecule has 0 saturated heterocycles. The fourth-order valence-electron chi connectivity index (χ4n) is 2.07. The highest BCUT2D eigenvalue weighted by Crippen LogP contribution is 2.47. The summed E-state index contributed by atoms with van der Waals surface area (Å²) in [5, 5.41) is -6.24. The van der Waals surface area contributed by atoms with Crippen LogP contribution in [0.2, 0.25) is 0 Å². The maximum absolute atomic E-state index is 12.2. The Morgan fingerprint density at radius 2 is 1.00 bits per heavy atom. The quantitative estimate of drug-likeness (QED) is 0.276. The van der Waals surface area contributed by atoms with Crippen molar-refractivity contribution in [1.29, 1.82) is 0 Å². The van der Waals surface area contributed by atoms with Crippen molar-refractivity contribution in [3.05, 3.63) is 96.6 Å². The van der Waals surface area contributed by atoms with E-state index in [-0.39, 0.29) is 0 Å². The molecule has 0 aliphatic rings. The molecule has 0 heterocycles. The van der Waals surface area contributed by atoms with Gasteiger partial charge in [0.25, 0.3) is 0 Å². The number of aryl methyl sites for hydroxylation is 1. The predicted octanol–water partition coefficient (Wildman–Crippen LogP) is 7.59. The summed E-state index contributed by atoms with van der Waals surface area (Å²) >= 11 is 1.79. The van der Waals surface area contributed by atoms with Gasteiger partial charge in [-0.1, -0.05) is 84.1 Å². The van der Waals surface area contributed by atoms with Gasteiger partial charge in [0, 0.05) is 16.7 Å². The van der Waals surface area contributed by atoms with Crippen LogP contribution in [-0.2, 0) is 10.1 Å². The van der Waals surface area contributed by atoms with E-state index in [4.69, 9.17) is 4.55 Å². The molecule has 3 nitrogen and oxygen atoms in total. The second-order valence-electron chi connectivity index (χ2n) is 6.84. The summed E-state index contributed by atoms with van der Waals surface area (Å²) in [6, 6.07) is 31.1. The highest BCUT2D eigenvalue weighted by Gasteiger charge is 2.75. The summed E-state index contributed by atoms with van der Waals surface area (Å²) in [5.41, 5.74) is 1.32. The van der Waals surface area contributed by atoms with Crippen molar-refractivity contribution in [1.82, 2.24) is 0 Å². The molecule has 34 heavy (non-hydrogen) atoms. The highest BCUT2D eigenvalue weighted by molar-refractivity contribution is 7.99. The Morgan fingerprint density at radius 1 is 0.676 bits per heavy atom. The summed E-state index contributed by atoms with van der Waals surface area (Å²) < 4.78 is 99.6. The molecule has 0 aliphatic carbocycles. The van der Waals surface area contributed by atoms with Crippen molar-refractivity contribution in [2.45, 2.75) is 40.7 Å². The molecule has 3 aromatic carbocycles. The maximum Gasteiger partial charge on any atom is 0.437 e. The van der Waals surface area contributed by atoms with Gasteiger partial charge in [-0.05, 0) is 31.2 Å². The molecule has 0 aliphatic heterocycles. The third kappa shape index (κ3) is 8.69. The van der Waals surface area contributed by atoms with Crippen LogP contribution in [0.25, 0.3) is 0 Å². The van der Waals surface area contributed by atoms with Crippen LogP contribution in [0.5, 0.6) is 0 Å². The van der Waals surface area contributed by atoms with E-state index in [9.17, 15) is 34.8 Å². The minimum Gasteiger partial charge on any atom is -0.281 e. The lowest BCUT2D eigenvalue weighted by Gasteiger charge is -2.28.